The summed E-state index contributed by atoms with van der Waals surface area (Å²) < 4.78 is 0. The average Bonchev–Trinajstić information content (AvgIpc) is 2.85. The molecular formula is C14H19N5O2. The highest BCUT2D eigenvalue weighted by Gasteiger charge is 2.19. The van der Waals surface area contributed by atoms with Crippen LogP contribution in [0.25, 0.3) is 0 Å². The number of aromatic hydroxyl groups is 1. The van der Waals surface area contributed by atoms with Crippen LogP contribution >= 0.6 is 0 Å². The normalized spacial score (nSPS) is 12.1. The van der Waals surface area contributed by atoms with Crippen LogP contribution in [0.3, 0.4) is 0 Å². The molecule has 0 bridgehead atoms. The van der Waals surface area contributed by atoms with Gasteiger partial charge in [-0.2, -0.15) is 5.10 Å². The lowest BCUT2D eigenvalue weighted by Crippen LogP contribution is -2.42. The Labute approximate surface area is 122 Å². The SMILES string of the molecule is Cc1nc(CN(C)C(=O)[C@H](N)Cc2ccc(O)cc2)n[nH]1. The number of phenolic OH excluding ortho intramolecular Hbond substituents is 1. The van der Waals surface area contributed by atoms with E-state index in [1.165, 1.54) is 4.90 Å². The van der Waals surface area contributed by atoms with E-state index in [2.05, 4.69) is 15.2 Å². The number of aromatic nitrogens is 3. The number of likely N-dealkylation sites (N-methyl/N-ethyl adjacent to an activating group) is 1. The molecule has 7 nitrogen and oxygen atoms in total. The van der Waals surface area contributed by atoms with E-state index < -0.39 is 6.04 Å². The number of amides is 1. The van der Waals surface area contributed by atoms with Crippen LogP contribution in [-0.4, -0.2) is 44.2 Å². The molecule has 0 aliphatic carbocycles. The Bertz CT molecular complexity index is 608. The van der Waals surface area contributed by atoms with Crippen molar-refractivity contribution >= 4 is 5.91 Å². The van der Waals surface area contributed by atoms with Gasteiger partial charge in [0.15, 0.2) is 5.82 Å². The summed E-state index contributed by atoms with van der Waals surface area (Å²) in [5.74, 6) is 1.28. The predicted octanol–water partition coefficient (Wildman–Crippen LogP) is 0.347. The summed E-state index contributed by atoms with van der Waals surface area (Å²) in [6.45, 7) is 2.11. The minimum absolute atomic E-state index is 0.175. The standard InChI is InChI=1S/C14H19N5O2/c1-9-16-13(18-17-9)8-19(2)14(21)12(15)7-10-3-5-11(20)6-4-10/h3-6,12,20H,7-8,15H2,1-2H3,(H,16,17,18)/t12-/m1/s1. The maximum atomic E-state index is 12.2. The van der Waals surface area contributed by atoms with Crippen molar-refractivity contribution in [3.05, 3.63) is 41.5 Å². The first kappa shape index (κ1) is 15.0. The summed E-state index contributed by atoms with van der Waals surface area (Å²) in [6.07, 6.45) is 0.413. The number of aryl methyl sites for hydroxylation is 1. The molecule has 0 saturated heterocycles. The molecule has 0 unspecified atom stereocenters. The number of aromatic amines is 1. The number of rotatable bonds is 5. The smallest absolute Gasteiger partial charge is 0.239 e. The molecule has 2 aromatic rings. The van der Waals surface area contributed by atoms with Gasteiger partial charge in [-0.25, -0.2) is 4.98 Å². The number of hydrogen-bond donors (Lipinski definition) is 3. The Kier molecular flexibility index (Phi) is 4.54. The van der Waals surface area contributed by atoms with Gasteiger partial charge in [-0.1, -0.05) is 12.1 Å². The summed E-state index contributed by atoms with van der Waals surface area (Å²) in [6, 6.07) is 6.02. The molecule has 2 rings (SSSR count). The van der Waals surface area contributed by atoms with Crippen LogP contribution in [0.2, 0.25) is 0 Å². The molecule has 7 heteroatoms. The predicted molar refractivity (Wildman–Crippen MR) is 77.4 cm³/mol. The molecule has 21 heavy (non-hydrogen) atoms. The van der Waals surface area contributed by atoms with Crippen LogP contribution in [0.4, 0.5) is 0 Å². The number of nitrogens with zero attached hydrogens (tertiary/aromatic N) is 3. The van der Waals surface area contributed by atoms with Crippen molar-refractivity contribution in [3.63, 3.8) is 0 Å². The fourth-order valence-electron chi connectivity index (χ4n) is 2.01. The third-order valence-electron chi connectivity index (χ3n) is 3.11. The summed E-state index contributed by atoms with van der Waals surface area (Å²) in [7, 11) is 1.67. The first-order chi connectivity index (χ1) is 9.95. The molecule has 0 saturated carbocycles. The Morgan fingerprint density at radius 1 is 1.43 bits per heavy atom. The van der Waals surface area contributed by atoms with Crippen LogP contribution in [0, 0.1) is 6.92 Å². The first-order valence-corrected chi connectivity index (χ1v) is 6.62. The molecule has 1 aromatic heterocycles. The van der Waals surface area contributed by atoms with E-state index in [-0.39, 0.29) is 11.7 Å². The van der Waals surface area contributed by atoms with Gasteiger partial charge in [0, 0.05) is 7.05 Å². The van der Waals surface area contributed by atoms with Crippen molar-refractivity contribution < 1.29 is 9.90 Å². The van der Waals surface area contributed by atoms with Gasteiger partial charge in [-0.05, 0) is 31.0 Å². The molecule has 4 N–H and O–H groups in total. The number of carbonyl (C=O) groups excluding carboxylic acids is 1. The average molecular weight is 289 g/mol. The van der Waals surface area contributed by atoms with Gasteiger partial charge in [0.25, 0.3) is 0 Å². The van der Waals surface area contributed by atoms with Crippen molar-refractivity contribution in [3.8, 4) is 5.75 Å². The number of nitrogens with two attached hydrogens (primary N) is 1. The largest absolute Gasteiger partial charge is 0.508 e. The molecule has 1 atom stereocenters. The molecule has 1 heterocycles. The second kappa shape index (κ2) is 6.36. The van der Waals surface area contributed by atoms with E-state index in [1.54, 1.807) is 38.2 Å². The van der Waals surface area contributed by atoms with Crippen LogP contribution in [0.1, 0.15) is 17.2 Å². The molecule has 0 aliphatic heterocycles. The number of phenols is 1. The Balaban J connectivity index is 1.93. The third kappa shape index (κ3) is 4.03. The van der Waals surface area contributed by atoms with Gasteiger partial charge < -0.3 is 15.7 Å². The first-order valence-electron chi connectivity index (χ1n) is 6.62. The molecular weight excluding hydrogens is 270 g/mol. The summed E-state index contributed by atoms with van der Waals surface area (Å²) in [5.41, 5.74) is 6.84. The highest BCUT2D eigenvalue weighted by atomic mass is 16.3. The fraction of sp³-hybridized carbons (Fsp3) is 0.357. The maximum absolute atomic E-state index is 12.2. The fourth-order valence-corrected chi connectivity index (χ4v) is 2.01. The van der Waals surface area contributed by atoms with Crippen molar-refractivity contribution in [1.29, 1.82) is 0 Å². The quantitative estimate of drug-likeness (QED) is 0.736. The second-order valence-electron chi connectivity index (χ2n) is 5.01. The highest BCUT2D eigenvalue weighted by molar-refractivity contribution is 5.81. The van der Waals surface area contributed by atoms with Crippen molar-refractivity contribution in [2.75, 3.05) is 7.05 Å². The van der Waals surface area contributed by atoms with Gasteiger partial charge in [0.05, 0.1) is 12.6 Å². The highest BCUT2D eigenvalue weighted by Crippen LogP contribution is 2.11. The molecule has 0 aliphatic rings. The van der Waals surface area contributed by atoms with E-state index in [0.29, 0.717) is 24.6 Å². The zero-order valence-electron chi connectivity index (χ0n) is 12.1. The minimum Gasteiger partial charge on any atom is -0.508 e. The minimum atomic E-state index is -0.639. The van der Waals surface area contributed by atoms with Crippen LogP contribution in [0.15, 0.2) is 24.3 Å². The topological polar surface area (TPSA) is 108 Å². The number of H-pyrrole nitrogens is 1. The zero-order valence-corrected chi connectivity index (χ0v) is 12.1. The van der Waals surface area contributed by atoms with E-state index in [9.17, 15) is 9.90 Å². The molecule has 1 amide bonds. The summed E-state index contributed by atoms with van der Waals surface area (Å²) >= 11 is 0. The lowest BCUT2D eigenvalue weighted by molar-refractivity contribution is -0.131. The van der Waals surface area contributed by atoms with Gasteiger partial charge in [0.2, 0.25) is 5.91 Å². The van der Waals surface area contributed by atoms with Gasteiger partial charge in [-0.3, -0.25) is 9.89 Å². The van der Waals surface area contributed by atoms with Crippen LogP contribution < -0.4 is 5.73 Å². The molecule has 0 fully saturated rings. The van der Waals surface area contributed by atoms with Gasteiger partial charge in [0.1, 0.15) is 11.6 Å². The lowest BCUT2D eigenvalue weighted by atomic mass is 10.1. The van der Waals surface area contributed by atoms with Gasteiger partial charge >= 0.3 is 0 Å². The summed E-state index contributed by atoms with van der Waals surface area (Å²) in [5, 5.41) is 16.0. The van der Waals surface area contributed by atoms with Crippen LogP contribution in [0.5, 0.6) is 5.75 Å². The monoisotopic (exact) mass is 289 g/mol. The van der Waals surface area contributed by atoms with E-state index in [1.807, 2.05) is 0 Å². The van der Waals surface area contributed by atoms with Crippen molar-refractivity contribution in [2.24, 2.45) is 5.73 Å². The number of benzene rings is 1. The molecule has 0 radical (unpaired) electrons. The van der Waals surface area contributed by atoms with Crippen molar-refractivity contribution in [1.82, 2.24) is 20.1 Å². The van der Waals surface area contributed by atoms with Crippen molar-refractivity contribution in [2.45, 2.75) is 25.9 Å². The molecule has 112 valence electrons. The van der Waals surface area contributed by atoms with E-state index in [0.717, 1.165) is 5.56 Å². The number of carbonyl (C=O) groups is 1. The maximum Gasteiger partial charge on any atom is 0.239 e. The number of nitrogens with one attached hydrogen (secondary N) is 1. The number of hydrogen-bond acceptors (Lipinski definition) is 5. The third-order valence-corrected chi connectivity index (χ3v) is 3.11. The summed E-state index contributed by atoms with van der Waals surface area (Å²) in [4.78, 5) is 17.9. The second-order valence-corrected chi connectivity index (χ2v) is 5.01. The molecule has 0 spiro atoms. The zero-order chi connectivity index (χ0) is 15.4. The Morgan fingerprint density at radius 2 is 2.10 bits per heavy atom. The Hall–Kier alpha value is -2.41. The Morgan fingerprint density at radius 3 is 2.67 bits per heavy atom. The van der Waals surface area contributed by atoms with E-state index in [4.69, 9.17) is 5.73 Å². The van der Waals surface area contributed by atoms with Crippen LogP contribution in [-0.2, 0) is 17.8 Å². The lowest BCUT2D eigenvalue weighted by Gasteiger charge is -2.20. The molecule has 1 aromatic carbocycles. The van der Waals surface area contributed by atoms with Gasteiger partial charge in [-0.15, -0.1) is 0 Å². The van der Waals surface area contributed by atoms with E-state index >= 15 is 0 Å².